The molecule has 28 heavy (non-hydrogen) atoms. The Labute approximate surface area is 170 Å². The molecule has 2 aromatic rings. The highest BCUT2D eigenvalue weighted by molar-refractivity contribution is 7.89. The van der Waals surface area contributed by atoms with Gasteiger partial charge in [0.15, 0.2) is 0 Å². The molecule has 150 valence electrons. The molecular weight excluding hydrogens is 400 g/mol. The first kappa shape index (κ1) is 20.6. The van der Waals surface area contributed by atoms with E-state index in [1.807, 2.05) is 24.3 Å². The van der Waals surface area contributed by atoms with Crippen LogP contribution in [0.3, 0.4) is 0 Å². The Balaban J connectivity index is 1.72. The Hall–Kier alpha value is -2.09. The number of likely N-dealkylation sites (tertiary alicyclic amines) is 1. The molecule has 0 radical (unpaired) electrons. The van der Waals surface area contributed by atoms with Gasteiger partial charge in [-0.05, 0) is 54.8 Å². The van der Waals surface area contributed by atoms with Crippen LogP contribution in [0.2, 0.25) is 5.02 Å². The van der Waals surface area contributed by atoms with Crippen molar-refractivity contribution in [3.8, 4) is 5.75 Å². The van der Waals surface area contributed by atoms with E-state index in [0.717, 1.165) is 28.5 Å². The maximum Gasteiger partial charge on any atom is 0.243 e. The molecule has 1 aliphatic heterocycles. The molecule has 1 atom stereocenters. The van der Waals surface area contributed by atoms with Gasteiger partial charge in [-0.15, -0.1) is 0 Å². The lowest BCUT2D eigenvalue weighted by Gasteiger charge is -2.27. The van der Waals surface area contributed by atoms with E-state index >= 15 is 0 Å². The van der Waals surface area contributed by atoms with Crippen molar-refractivity contribution in [2.45, 2.75) is 23.8 Å². The smallest absolute Gasteiger partial charge is 0.243 e. The molecule has 0 spiro atoms. The number of methoxy groups -OCH3 is 1. The third-order valence-corrected chi connectivity index (χ3v) is 7.02. The zero-order valence-electron chi connectivity index (χ0n) is 15.8. The number of sulfonamides is 1. The number of carbonyl (C=O) groups is 1. The van der Waals surface area contributed by atoms with Gasteiger partial charge in [0.25, 0.3) is 0 Å². The number of amides is 1. The Morgan fingerprint density at radius 1 is 1.18 bits per heavy atom. The first-order valence-corrected chi connectivity index (χ1v) is 10.8. The van der Waals surface area contributed by atoms with Crippen molar-refractivity contribution >= 4 is 27.5 Å². The van der Waals surface area contributed by atoms with E-state index in [2.05, 4.69) is 0 Å². The molecule has 1 heterocycles. The molecule has 0 unspecified atom stereocenters. The SMILES string of the molecule is COc1ccc([C@H]2CCCN2C(=O)CN(C)S(=O)(=O)c2ccc(Cl)cc2)cc1. The van der Waals surface area contributed by atoms with Crippen LogP contribution >= 0.6 is 11.6 Å². The van der Waals surface area contributed by atoms with E-state index < -0.39 is 10.0 Å². The summed E-state index contributed by atoms with van der Waals surface area (Å²) in [5.74, 6) is 0.548. The predicted octanol–water partition coefficient (Wildman–Crippen LogP) is 3.33. The van der Waals surface area contributed by atoms with Gasteiger partial charge in [0.05, 0.1) is 24.6 Å². The van der Waals surface area contributed by atoms with E-state index in [9.17, 15) is 13.2 Å². The number of nitrogens with zero attached hydrogens (tertiary/aromatic N) is 2. The summed E-state index contributed by atoms with van der Waals surface area (Å²) >= 11 is 5.83. The second-order valence-corrected chi connectivity index (χ2v) is 9.21. The molecule has 8 heteroatoms. The molecule has 1 amide bonds. The molecular formula is C20H23ClN2O4S. The fourth-order valence-corrected chi connectivity index (χ4v) is 4.64. The second kappa shape index (κ2) is 8.51. The molecule has 0 saturated carbocycles. The minimum absolute atomic E-state index is 0.0509. The summed E-state index contributed by atoms with van der Waals surface area (Å²) in [6.45, 7) is 0.405. The Bertz CT molecular complexity index is 930. The Kier molecular flexibility index (Phi) is 6.27. The molecule has 1 saturated heterocycles. The summed E-state index contributed by atoms with van der Waals surface area (Å²) in [6, 6.07) is 13.5. The molecule has 1 fully saturated rings. The normalized spacial score (nSPS) is 17.1. The summed E-state index contributed by atoms with van der Waals surface area (Å²) in [7, 11) is -0.735. The van der Waals surface area contributed by atoms with Crippen molar-refractivity contribution < 1.29 is 17.9 Å². The van der Waals surface area contributed by atoms with Gasteiger partial charge in [-0.25, -0.2) is 8.42 Å². The highest BCUT2D eigenvalue weighted by Crippen LogP contribution is 2.33. The zero-order chi connectivity index (χ0) is 20.3. The summed E-state index contributed by atoms with van der Waals surface area (Å²) in [5, 5.41) is 0.456. The van der Waals surface area contributed by atoms with Gasteiger partial charge in [0.2, 0.25) is 15.9 Å². The van der Waals surface area contributed by atoms with Gasteiger partial charge >= 0.3 is 0 Å². The van der Waals surface area contributed by atoms with Crippen LogP contribution in [0.1, 0.15) is 24.4 Å². The average Bonchev–Trinajstić information content (AvgIpc) is 3.18. The van der Waals surface area contributed by atoms with E-state index in [-0.39, 0.29) is 23.4 Å². The quantitative estimate of drug-likeness (QED) is 0.716. The summed E-state index contributed by atoms with van der Waals surface area (Å²) in [4.78, 5) is 14.7. The first-order valence-electron chi connectivity index (χ1n) is 8.98. The van der Waals surface area contributed by atoms with Crippen LogP contribution < -0.4 is 4.74 Å². The number of benzene rings is 2. The summed E-state index contributed by atoms with van der Waals surface area (Å²) < 4.78 is 31.7. The lowest BCUT2D eigenvalue weighted by atomic mass is 10.0. The second-order valence-electron chi connectivity index (χ2n) is 6.73. The van der Waals surface area contributed by atoms with Crippen LogP contribution in [0.5, 0.6) is 5.75 Å². The van der Waals surface area contributed by atoms with Crippen molar-refractivity contribution in [1.29, 1.82) is 0 Å². The molecule has 0 aliphatic carbocycles. The topological polar surface area (TPSA) is 66.9 Å². The van der Waals surface area contributed by atoms with Crippen molar-refractivity contribution in [2.75, 3.05) is 27.2 Å². The number of ether oxygens (including phenoxy) is 1. The Morgan fingerprint density at radius 3 is 2.43 bits per heavy atom. The van der Waals surface area contributed by atoms with E-state index in [0.29, 0.717) is 11.6 Å². The minimum Gasteiger partial charge on any atom is -0.497 e. The first-order chi connectivity index (χ1) is 13.3. The van der Waals surface area contributed by atoms with Gasteiger partial charge in [0.1, 0.15) is 5.75 Å². The number of halogens is 1. The third kappa shape index (κ3) is 4.32. The van der Waals surface area contributed by atoms with Gasteiger partial charge in [-0.2, -0.15) is 4.31 Å². The lowest BCUT2D eigenvalue weighted by molar-refractivity contribution is -0.132. The van der Waals surface area contributed by atoms with Crippen molar-refractivity contribution in [2.24, 2.45) is 0 Å². The number of hydrogen-bond donors (Lipinski definition) is 0. The molecule has 0 bridgehead atoms. The minimum atomic E-state index is -3.76. The fourth-order valence-electron chi connectivity index (χ4n) is 3.39. The molecule has 1 aliphatic rings. The highest BCUT2D eigenvalue weighted by Gasteiger charge is 2.32. The van der Waals surface area contributed by atoms with Crippen LogP contribution in [-0.2, 0) is 14.8 Å². The number of likely N-dealkylation sites (N-methyl/N-ethyl adjacent to an activating group) is 1. The van der Waals surface area contributed by atoms with Crippen LogP contribution in [-0.4, -0.2) is 50.8 Å². The predicted molar refractivity (Wildman–Crippen MR) is 108 cm³/mol. The van der Waals surface area contributed by atoms with Gasteiger partial charge in [0, 0.05) is 18.6 Å². The lowest BCUT2D eigenvalue weighted by Crippen LogP contribution is -2.40. The summed E-state index contributed by atoms with van der Waals surface area (Å²) in [6.07, 6.45) is 1.74. The molecule has 0 aromatic heterocycles. The number of rotatable bonds is 6. The van der Waals surface area contributed by atoms with Crippen LogP contribution in [0, 0.1) is 0 Å². The number of hydrogen-bond acceptors (Lipinski definition) is 4. The van der Waals surface area contributed by atoms with Crippen molar-refractivity contribution in [3.63, 3.8) is 0 Å². The fraction of sp³-hybridized carbons (Fsp3) is 0.350. The Morgan fingerprint density at radius 2 is 1.82 bits per heavy atom. The van der Waals surface area contributed by atoms with E-state index in [1.165, 1.54) is 31.3 Å². The standard InChI is InChI=1S/C20H23ClN2O4S/c1-22(28(25,26)18-11-7-16(21)8-12-18)14-20(24)23-13-3-4-19(23)15-5-9-17(27-2)10-6-15/h5-12,19H,3-4,13-14H2,1-2H3/t19-/m1/s1. The average molecular weight is 423 g/mol. The molecule has 0 N–H and O–H groups in total. The maximum atomic E-state index is 12.9. The molecule has 3 rings (SSSR count). The van der Waals surface area contributed by atoms with E-state index in [4.69, 9.17) is 16.3 Å². The third-order valence-electron chi connectivity index (χ3n) is 4.95. The van der Waals surface area contributed by atoms with Crippen molar-refractivity contribution in [1.82, 2.24) is 9.21 Å². The highest BCUT2D eigenvalue weighted by atomic mass is 35.5. The summed E-state index contributed by atoms with van der Waals surface area (Å²) in [5.41, 5.74) is 1.02. The maximum absolute atomic E-state index is 12.9. The zero-order valence-corrected chi connectivity index (χ0v) is 17.4. The van der Waals surface area contributed by atoms with Crippen molar-refractivity contribution in [3.05, 3.63) is 59.1 Å². The van der Waals surface area contributed by atoms with Crippen LogP contribution in [0.4, 0.5) is 0 Å². The monoisotopic (exact) mass is 422 g/mol. The van der Waals surface area contributed by atoms with E-state index in [1.54, 1.807) is 12.0 Å². The molecule has 6 nitrogen and oxygen atoms in total. The van der Waals surface area contributed by atoms with Crippen LogP contribution in [0.25, 0.3) is 0 Å². The van der Waals surface area contributed by atoms with Gasteiger partial charge in [-0.3, -0.25) is 4.79 Å². The number of carbonyl (C=O) groups excluding carboxylic acids is 1. The van der Waals surface area contributed by atoms with Gasteiger partial charge in [-0.1, -0.05) is 23.7 Å². The van der Waals surface area contributed by atoms with Gasteiger partial charge < -0.3 is 9.64 Å². The molecule has 2 aromatic carbocycles. The van der Waals surface area contributed by atoms with Crippen LogP contribution in [0.15, 0.2) is 53.4 Å². The largest absolute Gasteiger partial charge is 0.497 e.